The van der Waals surface area contributed by atoms with Crippen LogP contribution in [0.25, 0.3) is 17.2 Å². The van der Waals surface area contributed by atoms with Gasteiger partial charge in [-0.25, -0.2) is 0 Å². The number of furan rings is 1. The first-order valence-electron chi connectivity index (χ1n) is 14.3. The number of anilines is 1. The standard InChI is InChI=1S/C18H16N5O3.3C4H9.Sn/c1-24-13-6-5-12(10-15(13)25-2)11-20-18-19-8-7-16-21-17(22-23(16)18)14-4-3-9-26-14;3*1-3-4-2;/h3-7,9-10H,11H2,1-2H3,(H,19,20);3*1,3-4H2,2H3;. The normalized spacial score (nSPS) is 11.7. The first-order valence-corrected chi connectivity index (χ1v) is 21.8. The molecule has 0 aliphatic heterocycles. The Morgan fingerprint density at radius 1 is 0.872 bits per heavy atom. The molecule has 0 saturated heterocycles. The summed E-state index contributed by atoms with van der Waals surface area (Å²) < 4.78 is 23.7. The van der Waals surface area contributed by atoms with Gasteiger partial charge in [-0.1, -0.05) is 0 Å². The number of hydrogen-bond donors (Lipinski definition) is 1. The molecule has 39 heavy (non-hydrogen) atoms. The minimum atomic E-state index is -2.83. The molecule has 9 heteroatoms. The van der Waals surface area contributed by atoms with Crippen LogP contribution in [0.1, 0.15) is 64.9 Å². The van der Waals surface area contributed by atoms with Gasteiger partial charge in [0.05, 0.1) is 0 Å². The van der Waals surface area contributed by atoms with E-state index in [9.17, 15) is 0 Å². The van der Waals surface area contributed by atoms with E-state index < -0.39 is 18.4 Å². The van der Waals surface area contributed by atoms with Gasteiger partial charge < -0.3 is 0 Å². The zero-order valence-electron chi connectivity index (χ0n) is 24.1. The van der Waals surface area contributed by atoms with E-state index in [0.717, 1.165) is 17.2 Å². The molecule has 8 nitrogen and oxygen atoms in total. The fraction of sp³-hybridized carbons (Fsp3) is 0.500. The molecule has 0 saturated carbocycles. The maximum absolute atomic E-state index is 5.63. The fourth-order valence-corrected chi connectivity index (χ4v) is 20.6. The summed E-state index contributed by atoms with van der Waals surface area (Å²) in [5, 5.41) is 8.39. The third-order valence-electron chi connectivity index (χ3n) is 7.54. The van der Waals surface area contributed by atoms with Crippen LogP contribution >= 0.6 is 0 Å². The molecule has 0 aliphatic carbocycles. The summed E-state index contributed by atoms with van der Waals surface area (Å²) in [6, 6.07) is 12.0. The van der Waals surface area contributed by atoms with Crippen LogP contribution in [0.2, 0.25) is 13.3 Å². The van der Waals surface area contributed by atoms with Gasteiger partial charge >= 0.3 is 237 Å². The Morgan fingerprint density at radius 3 is 2.15 bits per heavy atom. The second-order valence-electron chi connectivity index (χ2n) is 10.3. The van der Waals surface area contributed by atoms with Crippen LogP contribution in [0.4, 0.5) is 5.95 Å². The van der Waals surface area contributed by atoms with Crippen molar-refractivity contribution in [3.63, 3.8) is 0 Å². The van der Waals surface area contributed by atoms with E-state index in [1.54, 1.807) is 20.5 Å². The molecule has 0 unspecified atom stereocenters. The topological polar surface area (TPSA) is 86.7 Å². The number of unbranched alkanes of at least 4 members (excludes halogenated alkanes) is 3. The molecule has 0 spiro atoms. The molecular formula is C30H43N5O3Sn. The van der Waals surface area contributed by atoms with Gasteiger partial charge in [-0.2, -0.15) is 0 Å². The van der Waals surface area contributed by atoms with Gasteiger partial charge in [-0.15, -0.1) is 0 Å². The Morgan fingerprint density at radius 2 is 1.56 bits per heavy atom. The SMILES string of the molecule is CCC[CH2][Sn]([CH2]CCC)([CH2]CCC)[c]1cc2nc(-c3ccco3)nn2c(NCc2ccc(OC)c(OC)c2)n1. The Hall–Kier alpha value is -2.75. The molecule has 4 rings (SSSR count). The van der Waals surface area contributed by atoms with Gasteiger partial charge in [0.2, 0.25) is 0 Å². The maximum atomic E-state index is 5.63. The molecule has 0 aliphatic rings. The van der Waals surface area contributed by atoms with Crippen LogP contribution in [0.5, 0.6) is 11.5 Å². The molecule has 0 fully saturated rings. The van der Waals surface area contributed by atoms with E-state index in [0.29, 0.717) is 29.6 Å². The van der Waals surface area contributed by atoms with Gasteiger partial charge in [0.15, 0.2) is 0 Å². The van der Waals surface area contributed by atoms with E-state index in [2.05, 4.69) is 32.2 Å². The first-order chi connectivity index (χ1) is 19.1. The zero-order chi connectivity index (χ0) is 27.7. The number of methoxy groups -OCH3 is 2. The molecule has 4 aromatic rings. The summed E-state index contributed by atoms with van der Waals surface area (Å²) in [5.74, 6) is 3.38. The third-order valence-corrected chi connectivity index (χ3v) is 22.6. The molecule has 3 heterocycles. The number of nitrogens with one attached hydrogen (secondary N) is 1. The van der Waals surface area contributed by atoms with Crippen molar-refractivity contribution in [3.8, 4) is 23.1 Å². The van der Waals surface area contributed by atoms with Gasteiger partial charge in [-0.05, 0) is 0 Å². The summed E-state index contributed by atoms with van der Waals surface area (Å²) >= 11 is -2.83. The second kappa shape index (κ2) is 14.0. The Balaban J connectivity index is 1.79. The fourth-order valence-electron chi connectivity index (χ4n) is 5.26. The van der Waals surface area contributed by atoms with Crippen molar-refractivity contribution in [1.82, 2.24) is 19.6 Å². The Bertz CT molecular complexity index is 1300. The molecule has 1 N–H and O–H groups in total. The van der Waals surface area contributed by atoms with E-state index >= 15 is 0 Å². The molecule has 3 aromatic heterocycles. The Labute approximate surface area is 236 Å². The van der Waals surface area contributed by atoms with Crippen molar-refractivity contribution in [2.45, 2.75) is 79.2 Å². The number of fused-ring (bicyclic) bond motifs is 1. The van der Waals surface area contributed by atoms with Gasteiger partial charge in [-0.3, -0.25) is 0 Å². The Kier molecular flexibility index (Phi) is 10.5. The van der Waals surface area contributed by atoms with Crippen molar-refractivity contribution in [2.24, 2.45) is 0 Å². The zero-order valence-corrected chi connectivity index (χ0v) is 27.0. The number of rotatable bonds is 16. The van der Waals surface area contributed by atoms with Crippen LogP contribution in [0, 0.1) is 0 Å². The summed E-state index contributed by atoms with van der Waals surface area (Å²) in [5.41, 5.74) is 1.89. The molecule has 0 bridgehead atoms. The summed E-state index contributed by atoms with van der Waals surface area (Å²) in [4.78, 5) is 10.3. The summed E-state index contributed by atoms with van der Waals surface area (Å²) in [6.45, 7) is 7.48. The van der Waals surface area contributed by atoms with E-state index in [4.69, 9.17) is 29.0 Å². The number of hydrogen-bond acceptors (Lipinski definition) is 7. The van der Waals surface area contributed by atoms with Gasteiger partial charge in [0, 0.05) is 0 Å². The van der Waals surface area contributed by atoms with Crippen LogP contribution in [0.3, 0.4) is 0 Å². The van der Waals surface area contributed by atoms with E-state index in [-0.39, 0.29) is 0 Å². The second-order valence-corrected chi connectivity index (χ2v) is 23.3. The molecule has 0 amide bonds. The number of benzene rings is 1. The molecular weight excluding hydrogens is 597 g/mol. The predicted molar refractivity (Wildman–Crippen MR) is 160 cm³/mol. The van der Waals surface area contributed by atoms with E-state index in [1.165, 1.54) is 55.5 Å². The van der Waals surface area contributed by atoms with Crippen LogP contribution in [-0.4, -0.2) is 52.2 Å². The van der Waals surface area contributed by atoms with Crippen molar-refractivity contribution in [1.29, 1.82) is 0 Å². The first kappa shape index (κ1) is 29.2. The summed E-state index contributed by atoms with van der Waals surface area (Å²) in [6.07, 6.45) is 9.13. The predicted octanol–water partition coefficient (Wildman–Crippen LogP) is 7.07. The van der Waals surface area contributed by atoms with Crippen LogP contribution in [-0.2, 0) is 6.54 Å². The van der Waals surface area contributed by atoms with Crippen molar-refractivity contribution < 1.29 is 13.9 Å². The van der Waals surface area contributed by atoms with Crippen molar-refractivity contribution in [2.75, 3.05) is 19.5 Å². The number of nitrogens with zero attached hydrogens (tertiary/aromatic N) is 4. The number of ether oxygens (including phenoxy) is 2. The molecule has 0 atom stereocenters. The van der Waals surface area contributed by atoms with E-state index in [1.807, 2.05) is 34.8 Å². The average Bonchev–Trinajstić information content (AvgIpc) is 3.66. The van der Waals surface area contributed by atoms with Gasteiger partial charge in [0.1, 0.15) is 0 Å². The quantitative estimate of drug-likeness (QED) is 0.131. The van der Waals surface area contributed by atoms with Crippen LogP contribution < -0.4 is 18.5 Å². The van der Waals surface area contributed by atoms with Crippen molar-refractivity contribution in [3.05, 3.63) is 48.2 Å². The third kappa shape index (κ3) is 6.88. The van der Waals surface area contributed by atoms with Gasteiger partial charge in [0.25, 0.3) is 0 Å². The number of aromatic nitrogens is 4. The molecule has 0 radical (unpaired) electrons. The summed E-state index contributed by atoms with van der Waals surface area (Å²) in [7, 11) is 3.31. The average molecular weight is 640 g/mol. The molecule has 210 valence electrons. The van der Waals surface area contributed by atoms with Crippen molar-refractivity contribution >= 4 is 33.7 Å². The van der Waals surface area contributed by atoms with Crippen LogP contribution in [0.15, 0.2) is 47.1 Å². The monoisotopic (exact) mass is 641 g/mol. The molecule has 1 aromatic carbocycles. The minimum absolute atomic E-state index is 0.573.